The first-order valence-electron chi connectivity index (χ1n) is 42.8. The molecule has 0 aromatic carbocycles. The van der Waals surface area contributed by atoms with E-state index < -0.39 is 97.5 Å². The highest BCUT2D eigenvalue weighted by Gasteiger charge is 2.30. The van der Waals surface area contributed by atoms with Crippen molar-refractivity contribution >= 4 is 39.5 Å². The molecule has 19 heteroatoms. The molecule has 0 aliphatic rings. The van der Waals surface area contributed by atoms with Crippen LogP contribution >= 0.6 is 15.6 Å². The SMILES string of the molecule is CCCCCC/C=C\C=C/CCCCCCCC(=O)OC[C@H](COP(=O)(O)OC[C@@H](O)COP(=O)(O)OC[C@@H](COC(=O)CCCCCCCCCCCCCCC)OC(=O)CCCCCCCCCCCCC(C)C)OC(=O)CCCCCCCCCCCCCCCCCCCCC(C)CC. The van der Waals surface area contributed by atoms with Gasteiger partial charge >= 0.3 is 39.5 Å². The maximum atomic E-state index is 13.1. The molecule has 608 valence electrons. The van der Waals surface area contributed by atoms with Gasteiger partial charge in [0.2, 0.25) is 0 Å². The highest BCUT2D eigenvalue weighted by molar-refractivity contribution is 7.47. The summed E-state index contributed by atoms with van der Waals surface area (Å²) in [7, 11) is -9.94. The maximum absolute atomic E-state index is 13.1. The van der Waals surface area contributed by atoms with Gasteiger partial charge in [-0.15, -0.1) is 0 Å². The second-order valence-electron chi connectivity index (χ2n) is 30.3. The molecular formula is C84H160O17P2. The summed E-state index contributed by atoms with van der Waals surface area (Å²) in [6.07, 6.45) is 68.7. The van der Waals surface area contributed by atoms with Crippen molar-refractivity contribution in [3.8, 4) is 0 Å². The standard InChI is InChI=1S/C84H160O17P2/c1-7-10-12-14-16-18-20-22-27-32-36-43-49-55-61-67-82(87)95-72-79(100-83(88)68-62-56-50-44-37-33-29-26-24-23-25-28-31-34-41-47-53-59-65-77(6)9-3)74-98-102(90,91)96-70-78(85)71-97-103(92,93)99-75-80(101-84(89)69-63-57-51-45-39-38-40-46-52-58-64-76(4)5)73-94-81(86)66-60-54-48-42-35-30-21-19-17-15-13-11-8-2/h18,20,22,27,76-80,85H,7-17,19,21,23-26,28-75H2,1-6H3,(H,90,91)(H,92,93)/b20-18-,27-22-/t77?,78-,79-,80-/m1/s1. The first-order valence-corrected chi connectivity index (χ1v) is 45.8. The zero-order valence-electron chi connectivity index (χ0n) is 67.1. The molecule has 0 aliphatic carbocycles. The van der Waals surface area contributed by atoms with Crippen molar-refractivity contribution in [3.63, 3.8) is 0 Å². The number of rotatable bonds is 81. The van der Waals surface area contributed by atoms with Crippen LogP contribution in [0.25, 0.3) is 0 Å². The maximum Gasteiger partial charge on any atom is 0.472 e. The lowest BCUT2D eigenvalue weighted by molar-refractivity contribution is -0.161. The predicted octanol–water partition coefficient (Wildman–Crippen LogP) is 25.0. The molecule has 0 aromatic rings. The van der Waals surface area contributed by atoms with Crippen LogP contribution in [-0.2, 0) is 65.4 Å². The molecule has 3 unspecified atom stereocenters. The van der Waals surface area contributed by atoms with E-state index in [1.165, 1.54) is 218 Å². The Morgan fingerprint density at radius 1 is 0.320 bits per heavy atom. The quantitative estimate of drug-likeness (QED) is 0.0169. The van der Waals surface area contributed by atoms with E-state index in [-0.39, 0.29) is 25.7 Å². The van der Waals surface area contributed by atoms with Crippen LogP contribution in [0.4, 0.5) is 0 Å². The van der Waals surface area contributed by atoms with Gasteiger partial charge in [0.1, 0.15) is 19.3 Å². The van der Waals surface area contributed by atoms with Crippen molar-refractivity contribution < 1.29 is 80.2 Å². The molecule has 3 N–H and O–H groups in total. The molecule has 0 radical (unpaired) electrons. The average Bonchev–Trinajstić information content (AvgIpc) is 0.908. The van der Waals surface area contributed by atoms with Crippen molar-refractivity contribution in [1.82, 2.24) is 0 Å². The first kappa shape index (κ1) is 101. The van der Waals surface area contributed by atoms with E-state index in [1.807, 2.05) is 0 Å². The Balaban J connectivity index is 5.26. The number of unbranched alkanes of at least 4 members (excludes halogenated alkanes) is 47. The highest BCUT2D eigenvalue weighted by atomic mass is 31.2. The van der Waals surface area contributed by atoms with Crippen molar-refractivity contribution in [3.05, 3.63) is 24.3 Å². The van der Waals surface area contributed by atoms with Gasteiger partial charge in [-0.1, -0.05) is 368 Å². The third-order valence-corrected chi connectivity index (χ3v) is 21.3. The van der Waals surface area contributed by atoms with Gasteiger partial charge < -0.3 is 33.8 Å². The molecular weight excluding hydrogens is 1340 g/mol. The van der Waals surface area contributed by atoms with E-state index in [0.717, 1.165) is 121 Å². The summed E-state index contributed by atoms with van der Waals surface area (Å²) >= 11 is 0. The second-order valence-corrected chi connectivity index (χ2v) is 33.2. The van der Waals surface area contributed by atoms with Crippen LogP contribution in [0.1, 0.15) is 420 Å². The normalized spacial score (nSPS) is 14.3. The molecule has 0 aliphatic heterocycles. The average molecular weight is 1500 g/mol. The number of hydrogen-bond donors (Lipinski definition) is 3. The lowest BCUT2D eigenvalue weighted by atomic mass is 9.99. The number of carbonyl (C=O) groups is 4. The van der Waals surface area contributed by atoms with Crippen molar-refractivity contribution in [2.45, 2.75) is 439 Å². The zero-order valence-corrected chi connectivity index (χ0v) is 68.9. The van der Waals surface area contributed by atoms with Crippen molar-refractivity contribution in [2.75, 3.05) is 39.6 Å². The Labute approximate surface area is 631 Å². The summed E-state index contributed by atoms with van der Waals surface area (Å²) in [5.74, 6) is -0.515. The van der Waals surface area contributed by atoms with Crippen LogP contribution in [0.5, 0.6) is 0 Å². The topological polar surface area (TPSA) is 237 Å². The number of carbonyl (C=O) groups excluding carboxylic acids is 4. The van der Waals surface area contributed by atoms with Crippen LogP contribution in [0, 0.1) is 11.8 Å². The Hall–Kier alpha value is -2.46. The molecule has 0 saturated heterocycles. The van der Waals surface area contributed by atoms with Gasteiger partial charge in [0.15, 0.2) is 12.2 Å². The first-order chi connectivity index (χ1) is 49.9. The number of allylic oxidation sites excluding steroid dienone is 4. The Morgan fingerprint density at radius 3 is 0.874 bits per heavy atom. The number of hydrogen-bond acceptors (Lipinski definition) is 15. The monoisotopic (exact) mass is 1500 g/mol. The highest BCUT2D eigenvalue weighted by Crippen LogP contribution is 2.45. The smallest absolute Gasteiger partial charge is 0.462 e. The lowest BCUT2D eigenvalue weighted by Crippen LogP contribution is -2.30. The Kier molecular flexibility index (Phi) is 73.2. The molecule has 0 bridgehead atoms. The predicted molar refractivity (Wildman–Crippen MR) is 423 cm³/mol. The van der Waals surface area contributed by atoms with Crippen molar-refractivity contribution in [2.24, 2.45) is 11.8 Å². The van der Waals surface area contributed by atoms with E-state index in [2.05, 4.69) is 65.8 Å². The van der Waals surface area contributed by atoms with Gasteiger partial charge in [-0.05, 0) is 63.2 Å². The fourth-order valence-corrected chi connectivity index (χ4v) is 14.1. The summed E-state index contributed by atoms with van der Waals surface area (Å²) in [5.41, 5.74) is 0. The molecule has 0 heterocycles. The van der Waals surface area contributed by atoms with Gasteiger partial charge in [-0.25, -0.2) is 9.13 Å². The third-order valence-electron chi connectivity index (χ3n) is 19.4. The minimum absolute atomic E-state index is 0.102. The van der Waals surface area contributed by atoms with E-state index in [4.69, 9.17) is 37.0 Å². The number of phosphoric acid groups is 2. The van der Waals surface area contributed by atoms with E-state index >= 15 is 0 Å². The number of aliphatic hydroxyl groups is 1. The lowest BCUT2D eigenvalue weighted by Gasteiger charge is -2.21. The number of aliphatic hydroxyl groups excluding tert-OH is 1. The molecule has 0 aromatic heterocycles. The van der Waals surface area contributed by atoms with Gasteiger partial charge in [-0.2, -0.15) is 0 Å². The van der Waals surface area contributed by atoms with Crippen LogP contribution < -0.4 is 0 Å². The fourth-order valence-electron chi connectivity index (χ4n) is 12.5. The molecule has 0 fully saturated rings. The van der Waals surface area contributed by atoms with Crippen LogP contribution in [-0.4, -0.2) is 96.7 Å². The molecule has 6 atom stereocenters. The molecule has 0 rings (SSSR count). The van der Waals surface area contributed by atoms with E-state index in [1.54, 1.807) is 0 Å². The summed E-state index contributed by atoms with van der Waals surface area (Å²) in [5, 5.41) is 10.7. The summed E-state index contributed by atoms with van der Waals surface area (Å²) in [4.78, 5) is 73.1. The van der Waals surface area contributed by atoms with E-state index in [0.29, 0.717) is 25.7 Å². The fraction of sp³-hybridized carbons (Fsp3) is 0.905. The number of esters is 4. The van der Waals surface area contributed by atoms with Gasteiger partial charge in [0.25, 0.3) is 0 Å². The summed E-state index contributed by atoms with van der Waals surface area (Å²) in [6.45, 7) is 9.64. The van der Waals surface area contributed by atoms with Crippen LogP contribution in [0.2, 0.25) is 0 Å². The molecule has 17 nitrogen and oxygen atoms in total. The Bertz CT molecular complexity index is 2070. The third kappa shape index (κ3) is 76.1. The minimum Gasteiger partial charge on any atom is -0.462 e. The minimum atomic E-state index is -4.97. The van der Waals surface area contributed by atoms with Gasteiger partial charge in [0.05, 0.1) is 26.4 Å². The summed E-state index contributed by atoms with van der Waals surface area (Å²) < 4.78 is 68.8. The van der Waals surface area contributed by atoms with E-state index in [9.17, 15) is 43.2 Å². The van der Waals surface area contributed by atoms with Crippen LogP contribution in [0.15, 0.2) is 24.3 Å². The number of phosphoric ester groups is 2. The van der Waals surface area contributed by atoms with Crippen molar-refractivity contribution in [1.29, 1.82) is 0 Å². The molecule has 0 spiro atoms. The second kappa shape index (κ2) is 75.0. The Morgan fingerprint density at radius 2 is 0.573 bits per heavy atom. The molecule has 0 saturated carbocycles. The molecule has 0 amide bonds. The van der Waals surface area contributed by atoms with Gasteiger partial charge in [-0.3, -0.25) is 37.3 Å². The molecule has 103 heavy (non-hydrogen) atoms. The largest absolute Gasteiger partial charge is 0.472 e. The zero-order chi connectivity index (χ0) is 75.6. The van der Waals surface area contributed by atoms with Gasteiger partial charge in [0, 0.05) is 25.7 Å². The summed E-state index contributed by atoms with van der Waals surface area (Å²) in [6, 6.07) is 0. The van der Waals surface area contributed by atoms with Crippen LogP contribution in [0.3, 0.4) is 0 Å². The number of ether oxygens (including phenoxy) is 4.